The van der Waals surface area contributed by atoms with Gasteiger partial charge in [0.15, 0.2) is 49.2 Å². The molecular weight excluding hydrogens is 830 g/mol. The minimum absolute atomic E-state index is 0.255. The van der Waals surface area contributed by atoms with E-state index in [-0.39, 0.29) is 4.57 Å². The van der Waals surface area contributed by atoms with Gasteiger partial charge in [-0.3, -0.25) is 52.5 Å². The van der Waals surface area contributed by atoms with E-state index in [9.17, 15) is 58.2 Å². The lowest BCUT2D eigenvalue weighted by molar-refractivity contribution is -0.389. The summed E-state index contributed by atoms with van der Waals surface area (Å²) in [6.45, 7) is 0.726. The van der Waals surface area contributed by atoms with Gasteiger partial charge in [0, 0.05) is 59.4 Å². The van der Waals surface area contributed by atoms with Gasteiger partial charge in [0.2, 0.25) is 0 Å². The number of ether oxygens (including phenoxy) is 12. The standard InChI is InChI=1S/C36H47NO24/c1-12-23(53-15(4)40)25(55-17(6)42)27(57-19(8)44)31(52-12)36(49)29(37-32(46)33(37)47)34(48)59-22(11-51-14(3)39)30(36)61-35-28(58-20(9)45)26(56-18(7)43)24(54-16(5)41)21(60-35)10-50-13(2)38/h12,21-31,34-35,48-49H,10-11H2,1-9H3/t12-,21+,22+,23+,24-,25+,26-,27-,28+,29-,30+,31?,34+,35-,36+/m0/s1/i4D,6D,8D. The van der Waals surface area contributed by atoms with E-state index in [4.69, 9.17) is 61.0 Å². The number of aliphatic hydroxyl groups is 2. The van der Waals surface area contributed by atoms with Gasteiger partial charge in [0.1, 0.15) is 49.3 Å². The molecule has 0 amide bonds. The SMILES string of the molecule is [2H]CC(=O)O[C@@H]1[C@H](OC(=O)C[2H])[C@H](C)OC([C@]2(O)[C@H](O[C@@H]3O[C@H](COC(C)=O)[C@H](OC(C)=O)[C@H](OC(C)=O)[C@H]3OC(C)=O)[C@@H](COC(C)=O)O[C@@H](O)[C@@H]2n2c(=O)c2=O)[C@H]1OC(=O)C[2H]. The maximum absolute atomic E-state index is 13.5. The number of aromatic nitrogens is 1. The number of hydrogen-bond acceptors (Lipinski definition) is 24. The normalized spacial score (nSPS) is 35.5. The van der Waals surface area contributed by atoms with Crippen LogP contribution in [0.3, 0.4) is 0 Å². The van der Waals surface area contributed by atoms with Gasteiger partial charge in [-0.25, -0.2) is 0 Å². The molecule has 4 rings (SSSR count). The average molecular weight is 881 g/mol. The second-order valence-electron chi connectivity index (χ2n) is 13.9. The van der Waals surface area contributed by atoms with Crippen LogP contribution in [0.2, 0.25) is 0 Å². The maximum atomic E-state index is 13.5. The molecule has 3 saturated heterocycles. The lowest BCUT2D eigenvalue weighted by Crippen LogP contribution is -2.77. The topological polar surface area (TPSA) is 327 Å². The predicted molar refractivity (Wildman–Crippen MR) is 189 cm³/mol. The molecule has 0 bridgehead atoms. The monoisotopic (exact) mass is 880 g/mol. The summed E-state index contributed by atoms with van der Waals surface area (Å²) in [6.07, 6.45) is -27.0. The van der Waals surface area contributed by atoms with Crippen LogP contribution in [0, 0.1) is 0 Å². The first-order chi connectivity index (χ1) is 30.0. The van der Waals surface area contributed by atoms with E-state index in [1.54, 1.807) is 0 Å². The van der Waals surface area contributed by atoms with E-state index in [1.165, 1.54) is 0 Å². The molecule has 4 heterocycles. The molecule has 25 nitrogen and oxygen atoms in total. The second kappa shape index (κ2) is 19.6. The summed E-state index contributed by atoms with van der Waals surface area (Å²) in [7, 11) is 0. The molecule has 3 aliphatic rings. The molecule has 1 aromatic heterocycles. The molecule has 61 heavy (non-hydrogen) atoms. The minimum atomic E-state index is -3.37. The number of hydrogen-bond donors (Lipinski definition) is 2. The van der Waals surface area contributed by atoms with Crippen LogP contribution in [0.15, 0.2) is 9.59 Å². The molecule has 25 heteroatoms. The van der Waals surface area contributed by atoms with E-state index >= 15 is 0 Å². The average Bonchev–Trinajstić information content (AvgIpc) is 3.80. The van der Waals surface area contributed by atoms with Crippen LogP contribution < -0.4 is 11.1 Å². The van der Waals surface area contributed by atoms with E-state index in [0.29, 0.717) is 0 Å². The molecule has 0 aromatic carbocycles. The Morgan fingerprint density at radius 3 is 1.54 bits per heavy atom. The molecule has 0 radical (unpaired) electrons. The zero-order valence-corrected chi connectivity index (χ0v) is 33.4. The summed E-state index contributed by atoms with van der Waals surface area (Å²) in [5.74, 6) is -9.16. The Hall–Kier alpha value is -5.34. The van der Waals surface area contributed by atoms with Gasteiger partial charge in [0.05, 0.1) is 6.10 Å². The highest BCUT2D eigenvalue weighted by Crippen LogP contribution is 2.48. The van der Waals surface area contributed by atoms with Crippen molar-refractivity contribution in [3.8, 4) is 0 Å². The highest BCUT2D eigenvalue weighted by Gasteiger charge is 2.70. The molecule has 340 valence electrons. The van der Waals surface area contributed by atoms with Crippen LogP contribution in [0.4, 0.5) is 0 Å². The maximum Gasteiger partial charge on any atom is 0.320 e. The van der Waals surface area contributed by atoms with Crippen molar-refractivity contribution in [1.82, 2.24) is 4.57 Å². The molecule has 0 aliphatic carbocycles. The van der Waals surface area contributed by atoms with Crippen molar-refractivity contribution >= 4 is 47.8 Å². The predicted octanol–water partition coefficient (Wildman–Crippen LogP) is -3.31. The van der Waals surface area contributed by atoms with Gasteiger partial charge in [-0.05, 0) is 6.92 Å². The van der Waals surface area contributed by atoms with Crippen LogP contribution in [-0.2, 0) is 95.2 Å². The molecule has 0 spiro atoms. The van der Waals surface area contributed by atoms with Crippen molar-refractivity contribution in [2.75, 3.05) is 13.2 Å². The van der Waals surface area contributed by atoms with Crippen molar-refractivity contribution in [2.45, 2.75) is 154 Å². The summed E-state index contributed by atoms with van der Waals surface area (Å²) in [4.78, 5) is 126. The van der Waals surface area contributed by atoms with Crippen LogP contribution in [-0.4, -0.2) is 161 Å². The first-order valence-corrected chi connectivity index (χ1v) is 18.1. The molecule has 3 aliphatic heterocycles. The van der Waals surface area contributed by atoms with Gasteiger partial charge in [-0.2, -0.15) is 0 Å². The van der Waals surface area contributed by atoms with Gasteiger partial charge >= 0.3 is 58.9 Å². The summed E-state index contributed by atoms with van der Waals surface area (Å²) in [5, 5.41) is 25.1. The highest BCUT2D eigenvalue weighted by molar-refractivity contribution is 5.70. The Morgan fingerprint density at radius 1 is 0.607 bits per heavy atom. The zero-order chi connectivity index (χ0) is 48.0. The third-order valence-electron chi connectivity index (χ3n) is 9.41. The Bertz CT molecular complexity index is 1960. The Labute approximate surface area is 349 Å². The van der Waals surface area contributed by atoms with Crippen molar-refractivity contribution in [2.24, 2.45) is 0 Å². The molecule has 2 N–H and O–H groups in total. The van der Waals surface area contributed by atoms with Crippen molar-refractivity contribution in [1.29, 1.82) is 0 Å². The van der Waals surface area contributed by atoms with Gasteiger partial charge in [0.25, 0.3) is 0 Å². The smallest absolute Gasteiger partial charge is 0.320 e. The number of esters is 8. The van der Waals surface area contributed by atoms with E-state index in [2.05, 4.69) is 0 Å². The van der Waals surface area contributed by atoms with Crippen LogP contribution in [0.25, 0.3) is 0 Å². The van der Waals surface area contributed by atoms with Crippen molar-refractivity contribution in [3.63, 3.8) is 0 Å². The number of aliphatic hydroxyl groups excluding tert-OH is 1. The Morgan fingerprint density at radius 2 is 1.05 bits per heavy atom. The molecule has 3 fully saturated rings. The van der Waals surface area contributed by atoms with Crippen molar-refractivity contribution < 1.29 is 110 Å². The highest BCUT2D eigenvalue weighted by atomic mass is 16.8. The third-order valence-corrected chi connectivity index (χ3v) is 9.41. The number of rotatable bonds is 14. The van der Waals surface area contributed by atoms with Crippen LogP contribution >= 0.6 is 0 Å². The second-order valence-corrected chi connectivity index (χ2v) is 13.9. The first-order valence-electron chi connectivity index (χ1n) is 20.3. The van der Waals surface area contributed by atoms with E-state index in [1.807, 2.05) is 0 Å². The number of carbonyl (C=O) groups is 8. The zero-order valence-electron chi connectivity index (χ0n) is 36.4. The summed E-state index contributed by atoms with van der Waals surface area (Å²) in [6, 6.07) is -2.42. The third kappa shape index (κ3) is 11.1. The first kappa shape index (κ1) is 43.7. The lowest BCUT2D eigenvalue weighted by Gasteiger charge is -2.57. The molecule has 1 aromatic rings. The molecule has 1 unspecified atom stereocenters. The fourth-order valence-corrected chi connectivity index (χ4v) is 7.31. The molecule has 0 saturated carbocycles. The fourth-order valence-electron chi connectivity index (χ4n) is 7.31. The van der Waals surface area contributed by atoms with E-state index in [0.717, 1.165) is 41.5 Å². The Kier molecular flexibility index (Phi) is 14.0. The number of nitrogens with zero attached hydrogens (tertiary/aromatic N) is 1. The summed E-state index contributed by atoms with van der Waals surface area (Å²) >= 11 is 0. The lowest BCUT2D eigenvalue weighted by atomic mass is 9.73. The number of carbonyl (C=O) groups excluding carboxylic acids is 8. The van der Waals surface area contributed by atoms with Crippen LogP contribution in [0.5, 0.6) is 0 Å². The Balaban J connectivity index is 2.07. The van der Waals surface area contributed by atoms with E-state index < -0.39 is 184 Å². The van der Waals surface area contributed by atoms with Crippen molar-refractivity contribution in [3.05, 3.63) is 20.7 Å². The van der Waals surface area contributed by atoms with Gasteiger partial charge in [-0.15, -0.1) is 0 Å². The van der Waals surface area contributed by atoms with Gasteiger partial charge in [-0.1, -0.05) is 0 Å². The molecular formula is C36H47NO24. The van der Waals surface area contributed by atoms with Crippen LogP contribution in [0.1, 0.15) is 72.4 Å². The summed E-state index contributed by atoms with van der Waals surface area (Å²) < 4.78 is 90.0. The summed E-state index contributed by atoms with van der Waals surface area (Å²) in [5.41, 5.74) is -6.10. The fraction of sp³-hybridized carbons (Fsp3) is 0.722. The minimum Gasteiger partial charge on any atom is -0.463 e. The quantitative estimate of drug-likeness (QED) is 0.105. The largest absolute Gasteiger partial charge is 0.463 e. The molecule has 15 atom stereocenters. The van der Waals surface area contributed by atoms with Gasteiger partial charge < -0.3 is 67.1 Å².